The molecule has 1 unspecified atom stereocenters. The average molecular weight is 186 g/mol. The summed E-state index contributed by atoms with van der Waals surface area (Å²) in [6.45, 7) is 0.947. The van der Waals surface area contributed by atoms with Crippen LogP contribution in [-0.4, -0.2) is 12.0 Å². The molecule has 0 aliphatic carbocycles. The minimum absolute atomic E-state index is 0.425. The molecule has 1 saturated heterocycles. The number of ether oxygens (including phenoxy) is 1. The molecule has 0 amide bonds. The van der Waals surface area contributed by atoms with E-state index in [0.29, 0.717) is 5.44 Å². The summed E-state index contributed by atoms with van der Waals surface area (Å²) in [6, 6.07) is 4.24. The Morgan fingerprint density at radius 2 is 2.64 bits per heavy atom. The molecule has 0 aromatic carbocycles. The zero-order chi connectivity index (χ0) is 7.52. The van der Waals surface area contributed by atoms with Crippen molar-refractivity contribution in [2.45, 2.75) is 22.5 Å². The summed E-state index contributed by atoms with van der Waals surface area (Å²) >= 11 is 3.65. The van der Waals surface area contributed by atoms with E-state index in [1.165, 1.54) is 17.1 Å². The maximum Gasteiger partial charge on any atom is 0.108 e. The van der Waals surface area contributed by atoms with Crippen molar-refractivity contribution < 1.29 is 4.74 Å². The molecular formula is C8H10OS2. The minimum Gasteiger partial charge on any atom is -0.367 e. The lowest BCUT2D eigenvalue weighted by Crippen LogP contribution is -1.96. The second kappa shape index (κ2) is 3.61. The Hall–Kier alpha value is 0.01000. The summed E-state index contributed by atoms with van der Waals surface area (Å²) < 4.78 is 6.87. The van der Waals surface area contributed by atoms with Crippen LogP contribution in [0.3, 0.4) is 0 Å². The molecule has 1 atom stereocenters. The van der Waals surface area contributed by atoms with Gasteiger partial charge < -0.3 is 4.74 Å². The summed E-state index contributed by atoms with van der Waals surface area (Å²) in [6.07, 6.45) is 2.44. The standard InChI is InChI=1S/C8H10OS2/c1-3-7(9-5-1)11-8-4-2-6-10-8/h2,4,6-7H,1,3,5H2. The van der Waals surface area contributed by atoms with E-state index in [4.69, 9.17) is 4.74 Å². The van der Waals surface area contributed by atoms with Crippen molar-refractivity contribution >= 4 is 23.1 Å². The first-order valence-electron chi connectivity index (χ1n) is 3.77. The van der Waals surface area contributed by atoms with Gasteiger partial charge in [0.1, 0.15) is 5.44 Å². The molecule has 0 spiro atoms. The van der Waals surface area contributed by atoms with Gasteiger partial charge >= 0.3 is 0 Å². The highest BCUT2D eigenvalue weighted by atomic mass is 32.2. The van der Waals surface area contributed by atoms with E-state index >= 15 is 0 Å². The van der Waals surface area contributed by atoms with Gasteiger partial charge in [-0.25, -0.2) is 0 Å². The lowest BCUT2D eigenvalue weighted by atomic mass is 10.4. The van der Waals surface area contributed by atoms with Crippen molar-refractivity contribution in [2.24, 2.45) is 0 Å². The molecular weight excluding hydrogens is 176 g/mol. The van der Waals surface area contributed by atoms with Crippen LogP contribution in [0.15, 0.2) is 21.7 Å². The van der Waals surface area contributed by atoms with Crippen LogP contribution in [0, 0.1) is 0 Å². The van der Waals surface area contributed by atoms with Gasteiger partial charge in [0.2, 0.25) is 0 Å². The van der Waals surface area contributed by atoms with Crippen LogP contribution < -0.4 is 0 Å². The van der Waals surface area contributed by atoms with Gasteiger partial charge in [0.25, 0.3) is 0 Å². The first-order chi connectivity index (χ1) is 5.45. The van der Waals surface area contributed by atoms with Gasteiger partial charge in [-0.05, 0) is 24.3 Å². The molecule has 60 valence electrons. The average Bonchev–Trinajstić information content (AvgIpc) is 2.60. The Morgan fingerprint density at radius 3 is 3.27 bits per heavy atom. The van der Waals surface area contributed by atoms with E-state index < -0.39 is 0 Å². The van der Waals surface area contributed by atoms with E-state index in [2.05, 4.69) is 17.5 Å². The topological polar surface area (TPSA) is 9.23 Å². The fourth-order valence-corrected chi connectivity index (χ4v) is 3.13. The highest BCUT2D eigenvalue weighted by molar-refractivity contribution is 8.01. The second-order valence-electron chi connectivity index (χ2n) is 2.49. The molecule has 0 N–H and O–H groups in total. The van der Waals surface area contributed by atoms with Crippen LogP contribution in [0.5, 0.6) is 0 Å². The van der Waals surface area contributed by atoms with Gasteiger partial charge in [0, 0.05) is 6.61 Å². The van der Waals surface area contributed by atoms with Crippen LogP contribution in [-0.2, 0) is 4.74 Å². The second-order valence-corrected chi connectivity index (χ2v) is 4.90. The van der Waals surface area contributed by atoms with Gasteiger partial charge in [-0.3, -0.25) is 0 Å². The number of rotatable bonds is 2. The van der Waals surface area contributed by atoms with E-state index in [-0.39, 0.29) is 0 Å². The number of hydrogen-bond donors (Lipinski definition) is 0. The molecule has 0 bridgehead atoms. The smallest absolute Gasteiger partial charge is 0.108 e. The van der Waals surface area contributed by atoms with Crippen LogP contribution >= 0.6 is 23.1 Å². The first kappa shape index (κ1) is 7.65. The predicted octanol–water partition coefficient (Wildman–Crippen LogP) is 2.98. The Bertz CT molecular complexity index is 202. The normalized spacial score (nSPS) is 24.2. The molecule has 1 aliphatic heterocycles. The van der Waals surface area contributed by atoms with Crippen LogP contribution in [0.1, 0.15) is 12.8 Å². The van der Waals surface area contributed by atoms with E-state index in [1.54, 1.807) is 11.3 Å². The Kier molecular flexibility index (Phi) is 2.51. The molecule has 2 rings (SSSR count). The van der Waals surface area contributed by atoms with Crippen LogP contribution in [0.4, 0.5) is 0 Å². The predicted molar refractivity (Wildman–Crippen MR) is 49.2 cm³/mol. The SMILES string of the molecule is c1csc(SC2CCCO2)c1. The Balaban J connectivity index is 1.90. The molecule has 1 nitrogen and oxygen atoms in total. The van der Waals surface area contributed by atoms with E-state index in [9.17, 15) is 0 Å². The summed E-state index contributed by atoms with van der Waals surface area (Å²) in [5, 5.41) is 2.11. The Labute approximate surface area is 74.8 Å². The summed E-state index contributed by atoms with van der Waals surface area (Å²) in [5.74, 6) is 0. The third-order valence-corrected chi connectivity index (χ3v) is 3.87. The van der Waals surface area contributed by atoms with Gasteiger partial charge in [0.05, 0.1) is 4.21 Å². The zero-order valence-electron chi connectivity index (χ0n) is 6.16. The van der Waals surface area contributed by atoms with Crippen molar-refractivity contribution in [1.29, 1.82) is 0 Å². The molecule has 0 saturated carbocycles. The van der Waals surface area contributed by atoms with Crippen molar-refractivity contribution in [1.82, 2.24) is 0 Å². The fraction of sp³-hybridized carbons (Fsp3) is 0.500. The van der Waals surface area contributed by atoms with Crippen molar-refractivity contribution in [3.05, 3.63) is 17.5 Å². The summed E-state index contributed by atoms with van der Waals surface area (Å²) in [4.78, 5) is 0. The monoisotopic (exact) mass is 186 g/mol. The van der Waals surface area contributed by atoms with Crippen molar-refractivity contribution in [2.75, 3.05) is 6.61 Å². The first-order valence-corrected chi connectivity index (χ1v) is 5.53. The van der Waals surface area contributed by atoms with Gasteiger partial charge in [-0.2, -0.15) is 0 Å². The van der Waals surface area contributed by atoms with E-state index in [1.807, 2.05) is 11.8 Å². The molecule has 0 radical (unpaired) electrons. The molecule has 2 heterocycles. The molecule has 1 aliphatic rings. The zero-order valence-corrected chi connectivity index (χ0v) is 7.79. The highest BCUT2D eigenvalue weighted by Crippen LogP contribution is 2.33. The van der Waals surface area contributed by atoms with Gasteiger partial charge in [0.15, 0.2) is 0 Å². The summed E-state index contributed by atoms with van der Waals surface area (Å²) in [7, 11) is 0. The lowest BCUT2D eigenvalue weighted by Gasteiger charge is -2.05. The van der Waals surface area contributed by atoms with Crippen molar-refractivity contribution in [3.63, 3.8) is 0 Å². The molecule has 11 heavy (non-hydrogen) atoms. The molecule has 3 heteroatoms. The third-order valence-electron chi connectivity index (χ3n) is 1.63. The van der Waals surface area contributed by atoms with E-state index in [0.717, 1.165) is 6.61 Å². The number of thioether (sulfide) groups is 1. The number of hydrogen-bond acceptors (Lipinski definition) is 3. The largest absolute Gasteiger partial charge is 0.367 e. The fourth-order valence-electron chi connectivity index (χ4n) is 1.10. The quantitative estimate of drug-likeness (QED) is 0.702. The molecule has 1 aromatic heterocycles. The lowest BCUT2D eigenvalue weighted by molar-refractivity contribution is 0.174. The van der Waals surface area contributed by atoms with Crippen LogP contribution in [0.2, 0.25) is 0 Å². The van der Waals surface area contributed by atoms with Gasteiger partial charge in [-0.1, -0.05) is 17.8 Å². The maximum atomic E-state index is 5.50. The maximum absolute atomic E-state index is 5.50. The summed E-state index contributed by atoms with van der Waals surface area (Å²) in [5.41, 5.74) is 0.425. The molecule has 1 fully saturated rings. The molecule has 1 aromatic rings. The van der Waals surface area contributed by atoms with Gasteiger partial charge in [-0.15, -0.1) is 11.3 Å². The third kappa shape index (κ3) is 1.98. The highest BCUT2D eigenvalue weighted by Gasteiger charge is 2.16. The minimum atomic E-state index is 0.425. The van der Waals surface area contributed by atoms with Crippen LogP contribution in [0.25, 0.3) is 0 Å². The van der Waals surface area contributed by atoms with Crippen molar-refractivity contribution in [3.8, 4) is 0 Å². The number of thiophene rings is 1. The Morgan fingerprint density at radius 1 is 1.64 bits per heavy atom.